The highest BCUT2D eigenvalue weighted by molar-refractivity contribution is 6.39. The molecule has 0 aromatic heterocycles. The lowest BCUT2D eigenvalue weighted by molar-refractivity contribution is -0.136. The zero-order valence-corrected chi connectivity index (χ0v) is 14.7. The van der Waals surface area contributed by atoms with E-state index in [2.05, 4.69) is 15.8 Å². The number of nitrogens with one attached hydrogen (secondary N) is 2. The van der Waals surface area contributed by atoms with E-state index in [1.165, 1.54) is 19.8 Å². The molecule has 0 atom stereocenters. The van der Waals surface area contributed by atoms with E-state index in [0.29, 0.717) is 23.6 Å². The van der Waals surface area contributed by atoms with Crippen molar-refractivity contribution in [1.29, 1.82) is 0 Å². The molecule has 0 aliphatic heterocycles. The second kappa shape index (κ2) is 9.83. The Labute approximate surface area is 152 Å². The molecule has 26 heavy (non-hydrogen) atoms. The Morgan fingerprint density at radius 1 is 1.04 bits per heavy atom. The normalized spacial score (nSPS) is 10.4. The summed E-state index contributed by atoms with van der Waals surface area (Å²) in [6.45, 7) is 0. The van der Waals surface area contributed by atoms with Crippen LogP contribution in [0.5, 0.6) is 11.5 Å². The van der Waals surface area contributed by atoms with Gasteiger partial charge in [-0.15, -0.1) is 0 Å². The standard InChI is InChI=1S/C19H21N3O4/c1-25-15-10-11-17(26-2)16(13-15)21-18(23)19(24)22-20-12-6-9-14-7-4-3-5-8-14/h3-5,7-8,10-13H,6,9H2,1-2H3,(H,21,23)(H,22,24)/b20-12+. The van der Waals surface area contributed by atoms with Gasteiger partial charge in [0.1, 0.15) is 11.5 Å². The predicted octanol–water partition coefficient (Wildman–Crippen LogP) is 2.38. The van der Waals surface area contributed by atoms with Gasteiger partial charge in [0, 0.05) is 12.3 Å². The number of carbonyl (C=O) groups excluding carboxylic acids is 2. The van der Waals surface area contributed by atoms with E-state index in [1.54, 1.807) is 24.4 Å². The summed E-state index contributed by atoms with van der Waals surface area (Å²) >= 11 is 0. The average Bonchev–Trinajstić information content (AvgIpc) is 2.68. The van der Waals surface area contributed by atoms with Crippen LogP contribution in [0.2, 0.25) is 0 Å². The molecule has 0 fully saturated rings. The molecular weight excluding hydrogens is 334 g/mol. The van der Waals surface area contributed by atoms with Gasteiger partial charge in [-0.1, -0.05) is 30.3 Å². The maximum atomic E-state index is 12.0. The van der Waals surface area contributed by atoms with Crippen molar-refractivity contribution in [3.8, 4) is 11.5 Å². The van der Waals surface area contributed by atoms with Crippen LogP contribution in [-0.4, -0.2) is 32.2 Å². The van der Waals surface area contributed by atoms with Crippen molar-refractivity contribution in [2.75, 3.05) is 19.5 Å². The quantitative estimate of drug-likeness (QED) is 0.453. The molecule has 2 aromatic rings. The van der Waals surface area contributed by atoms with E-state index < -0.39 is 11.8 Å². The second-order valence-electron chi connectivity index (χ2n) is 5.30. The molecule has 0 saturated heterocycles. The molecule has 0 spiro atoms. The molecule has 2 N–H and O–H groups in total. The van der Waals surface area contributed by atoms with Gasteiger partial charge in [0.25, 0.3) is 0 Å². The molecule has 7 nitrogen and oxygen atoms in total. The van der Waals surface area contributed by atoms with Crippen LogP contribution in [0.1, 0.15) is 12.0 Å². The number of hydrogen-bond acceptors (Lipinski definition) is 5. The Morgan fingerprint density at radius 2 is 1.81 bits per heavy atom. The van der Waals surface area contributed by atoms with Crippen molar-refractivity contribution in [2.45, 2.75) is 12.8 Å². The third-order valence-electron chi connectivity index (χ3n) is 3.52. The van der Waals surface area contributed by atoms with Crippen molar-refractivity contribution >= 4 is 23.7 Å². The van der Waals surface area contributed by atoms with Crippen molar-refractivity contribution in [1.82, 2.24) is 5.43 Å². The van der Waals surface area contributed by atoms with Gasteiger partial charge >= 0.3 is 11.8 Å². The molecule has 0 aliphatic rings. The highest BCUT2D eigenvalue weighted by Crippen LogP contribution is 2.28. The van der Waals surface area contributed by atoms with Crippen LogP contribution < -0.4 is 20.2 Å². The fourth-order valence-corrected chi connectivity index (χ4v) is 2.19. The van der Waals surface area contributed by atoms with Crippen LogP contribution >= 0.6 is 0 Å². The molecule has 0 bridgehead atoms. The smallest absolute Gasteiger partial charge is 0.329 e. The Hall–Kier alpha value is -3.35. The summed E-state index contributed by atoms with van der Waals surface area (Å²) in [5, 5.41) is 6.26. The lowest BCUT2D eigenvalue weighted by atomic mass is 10.1. The number of benzene rings is 2. The first-order chi connectivity index (χ1) is 12.6. The molecule has 2 aromatic carbocycles. The largest absolute Gasteiger partial charge is 0.497 e. The van der Waals surface area contributed by atoms with Gasteiger partial charge in [0.05, 0.1) is 19.9 Å². The van der Waals surface area contributed by atoms with Gasteiger partial charge in [-0.25, -0.2) is 5.43 Å². The van der Waals surface area contributed by atoms with Crippen LogP contribution in [-0.2, 0) is 16.0 Å². The van der Waals surface area contributed by atoms with Gasteiger partial charge in [-0.3, -0.25) is 9.59 Å². The van der Waals surface area contributed by atoms with E-state index in [1.807, 2.05) is 30.3 Å². The number of aryl methyl sites for hydroxylation is 1. The van der Waals surface area contributed by atoms with Crippen molar-refractivity contribution < 1.29 is 19.1 Å². The number of ether oxygens (including phenoxy) is 2. The summed E-state index contributed by atoms with van der Waals surface area (Å²) < 4.78 is 10.2. The Morgan fingerprint density at radius 3 is 2.50 bits per heavy atom. The Bertz CT molecular complexity index is 776. The zero-order chi connectivity index (χ0) is 18.8. The van der Waals surface area contributed by atoms with Crippen LogP contribution in [0.4, 0.5) is 5.69 Å². The topological polar surface area (TPSA) is 89.0 Å². The van der Waals surface area contributed by atoms with Crippen molar-refractivity contribution in [3.05, 3.63) is 54.1 Å². The molecule has 0 radical (unpaired) electrons. The van der Waals surface area contributed by atoms with Gasteiger partial charge in [-0.2, -0.15) is 5.10 Å². The Balaban J connectivity index is 1.84. The Kier molecular flexibility index (Phi) is 7.17. The monoisotopic (exact) mass is 355 g/mol. The number of rotatable bonds is 7. The number of hydrogen-bond donors (Lipinski definition) is 2. The molecule has 7 heteroatoms. The molecule has 0 heterocycles. The third kappa shape index (κ3) is 5.62. The average molecular weight is 355 g/mol. The molecular formula is C19H21N3O4. The fourth-order valence-electron chi connectivity index (χ4n) is 2.19. The number of amides is 2. The fraction of sp³-hybridized carbons (Fsp3) is 0.211. The summed E-state index contributed by atoms with van der Waals surface area (Å²) in [6, 6.07) is 14.8. The number of hydrazone groups is 1. The van der Waals surface area contributed by atoms with Crippen LogP contribution in [0.3, 0.4) is 0 Å². The SMILES string of the molecule is COc1ccc(OC)c(NC(=O)C(=O)N/N=C/CCc2ccccc2)c1. The van der Waals surface area contributed by atoms with E-state index in [-0.39, 0.29) is 0 Å². The summed E-state index contributed by atoms with van der Waals surface area (Å²) in [4.78, 5) is 23.8. The highest BCUT2D eigenvalue weighted by Gasteiger charge is 2.15. The number of anilines is 1. The number of nitrogens with zero attached hydrogens (tertiary/aromatic N) is 1. The molecule has 0 saturated carbocycles. The maximum Gasteiger partial charge on any atom is 0.329 e. The number of methoxy groups -OCH3 is 2. The minimum atomic E-state index is -0.870. The van der Waals surface area contributed by atoms with Gasteiger partial charge < -0.3 is 14.8 Å². The lowest BCUT2D eigenvalue weighted by Crippen LogP contribution is -2.32. The lowest BCUT2D eigenvalue weighted by Gasteiger charge is -2.11. The molecule has 136 valence electrons. The summed E-state index contributed by atoms with van der Waals surface area (Å²) in [6.07, 6.45) is 3.01. The highest BCUT2D eigenvalue weighted by atomic mass is 16.5. The first-order valence-electron chi connectivity index (χ1n) is 8.03. The van der Waals surface area contributed by atoms with E-state index in [9.17, 15) is 9.59 Å². The maximum absolute atomic E-state index is 12.0. The minimum Gasteiger partial charge on any atom is -0.497 e. The van der Waals surface area contributed by atoms with Crippen LogP contribution in [0.25, 0.3) is 0 Å². The first kappa shape index (κ1) is 19.0. The zero-order valence-electron chi connectivity index (χ0n) is 14.7. The predicted molar refractivity (Wildman–Crippen MR) is 99.6 cm³/mol. The van der Waals surface area contributed by atoms with Crippen LogP contribution in [0, 0.1) is 0 Å². The first-order valence-corrected chi connectivity index (χ1v) is 8.03. The second-order valence-corrected chi connectivity index (χ2v) is 5.30. The third-order valence-corrected chi connectivity index (χ3v) is 3.52. The van der Waals surface area contributed by atoms with Crippen molar-refractivity contribution in [3.63, 3.8) is 0 Å². The summed E-state index contributed by atoms with van der Waals surface area (Å²) in [5.41, 5.74) is 3.71. The molecule has 2 rings (SSSR count). The van der Waals surface area contributed by atoms with Gasteiger partial charge in [-0.05, 0) is 30.5 Å². The summed E-state index contributed by atoms with van der Waals surface area (Å²) in [7, 11) is 2.97. The van der Waals surface area contributed by atoms with E-state index in [4.69, 9.17) is 9.47 Å². The van der Waals surface area contributed by atoms with Crippen molar-refractivity contribution in [2.24, 2.45) is 5.10 Å². The number of carbonyl (C=O) groups is 2. The summed E-state index contributed by atoms with van der Waals surface area (Å²) in [5.74, 6) is -0.777. The molecule has 0 aliphatic carbocycles. The molecule has 2 amide bonds. The van der Waals surface area contributed by atoms with Gasteiger partial charge in [0.2, 0.25) is 0 Å². The van der Waals surface area contributed by atoms with E-state index >= 15 is 0 Å². The van der Waals surface area contributed by atoms with Crippen LogP contribution in [0.15, 0.2) is 53.6 Å². The minimum absolute atomic E-state index is 0.333. The van der Waals surface area contributed by atoms with E-state index in [0.717, 1.165) is 6.42 Å². The van der Waals surface area contributed by atoms with Gasteiger partial charge in [0.15, 0.2) is 0 Å². The molecule has 0 unspecified atom stereocenters.